The normalized spacial score (nSPS) is 14.2. The highest BCUT2D eigenvalue weighted by Crippen LogP contribution is 2.19. The number of para-hydroxylation sites is 1. The molecule has 38 heavy (non-hydrogen) atoms. The Balaban J connectivity index is 2.32. The van der Waals surface area contributed by atoms with Gasteiger partial charge in [-0.25, -0.2) is 4.79 Å². The zero-order chi connectivity index (χ0) is 28.6. The Morgan fingerprint density at radius 3 is 1.92 bits per heavy atom. The van der Waals surface area contributed by atoms with Crippen molar-refractivity contribution in [2.45, 2.75) is 57.3 Å². The quantitative estimate of drug-likeness (QED) is 0.150. The average molecular weight is 534 g/mol. The molecule has 2 rings (SSSR count). The number of hydrogen-bond donors (Lipinski definition) is 8. The lowest BCUT2D eigenvalue weighted by Gasteiger charge is -2.25. The van der Waals surface area contributed by atoms with E-state index in [1.165, 1.54) is 0 Å². The number of carboxylic acids is 3. The van der Waals surface area contributed by atoms with E-state index in [0.717, 1.165) is 10.9 Å². The fraction of sp³-hybridized carbons (Fsp3) is 0.417. The fourth-order valence-electron chi connectivity index (χ4n) is 3.60. The molecule has 4 unspecified atom stereocenters. The van der Waals surface area contributed by atoms with Crippen LogP contribution >= 0.6 is 0 Å². The molecule has 0 aliphatic heterocycles. The summed E-state index contributed by atoms with van der Waals surface area (Å²) in [4.78, 5) is 75.3. The van der Waals surface area contributed by atoms with Gasteiger partial charge in [0.15, 0.2) is 0 Å². The zero-order valence-electron chi connectivity index (χ0n) is 20.8. The van der Waals surface area contributed by atoms with Crippen LogP contribution in [0.5, 0.6) is 0 Å². The molecule has 14 nitrogen and oxygen atoms in total. The summed E-state index contributed by atoms with van der Waals surface area (Å²) in [5.74, 6) is -7.72. The van der Waals surface area contributed by atoms with Crippen molar-refractivity contribution in [3.63, 3.8) is 0 Å². The number of aromatic amines is 1. The van der Waals surface area contributed by atoms with Crippen LogP contribution in [0.25, 0.3) is 10.9 Å². The van der Waals surface area contributed by atoms with Gasteiger partial charge in [0.25, 0.3) is 0 Å². The number of aromatic nitrogens is 1. The second-order valence-corrected chi connectivity index (χ2v) is 9.05. The molecule has 0 saturated carbocycles. The molecular formula is C24H31N5O9. The smallest absolute Gasteiger partial charge is 0.326 e. The van der Waals surface area contributed by atoms with Gasteiger partial charge in [0.05, 0.1) is 18.9 Å². The fourth-order valence-corrected chi connectivity index (χ4v) is 3.60. The van der Waals surface area contributed by atoms with E-state index in [1.54, 1.807) is 38.2 Å². The monoisotopic (exact) mass is 533 g/mol. The predicted octanol–water partition coefficient (Wildman–Crippen LogP) is -0.818. The van der Waals surface area contributed by atoms with E-state index in [1.807, 2.05) is 11.4 Å². The third kappa shape index (κ3) is 8.30. The van der Waals surface area contributed by atoms with E-state index in [4.69, 9.17) is 10.8 Å². The molecule has 1 heterocycles. The Kier molecular flexibility index (Phi) is 10.3. The Morgan fingerprint density at radius 2 is 1.34 bits per heavy atom. The molecule has 206 valence electrons. The standard InChI is InChI=1S/C24H31N5O9/c1-11(2)20(25)23(36)28-15(7-12-10-26-14-6-4-3-5-13(12)14)21(34)27-16(8-18(30)31)22(35)29-17(24(37)38)9-19(32)33/h3-6,10-11,15-17,20,26H,7-9,25H2,1-2H3,(H,27,34)(H,28,36)(H,29,35)(H,30,31)(H,32,33)(H,37,38). The summed E-state index contributed by atoms with van der Waals surface area (Å²) in [6.07, 6.45) is -0.313. The van der Waals surface area contributed by atoms with E-state index < -0.39 is 72.6 Å². The SMILES string of the molecule is CC(C)C(N)C(=O)NC(Cc1c[nH]c2ccccc12)C(=O)NC(CC(=O)O)C(=O)NC(CC(=O)O)C(=O)O. The number of benzene rings is 1. The second-order valence-electron chi connectivity index (χ2n) is 9.05. The van der Waals surface area contributed by atoms with Gasteiger partial charge in [0, 0.05) is 23.5 Å². The van der Waals surface area contributed by atoms with Crippen molar-refractivity contribution in [2.75, 3.05) is 0 Å². The molecule has 0 fully saturated rings. The van der Waals surface area contributed by atoms with Crippen molar-refractivity contribution in [2.24, 2.45) is 11.7 Å². The number of fused-ring (bicyclic) bond motifs is 1. The molecule has 0 aliphatic carbocycles. The molecule has 2 aromatic rings. The van der Waals surface area contributed by atoms with Crippen molar-refractivity contribution >= 4 is 46.5 Å². The van der Waals surface area contributed by atoms with E-state index in [2.05, 4.69) is 15.6 Å². The third-order valence-electron chi connectivity index (χ3n) is 5.76. The van der Waals surface area contributed by atoms with E-state index in [9.17, 15) is 39.0 Å². The van der Waals surface area contributed by atoms with Crippen molar-refractivity contribution in [1.82, 2.24) is 20.9 Å². The minimum absolute atomic E-state index is 0.0510. The second kappa shape index (κ2) is 13.2. The number of hydrogen-bond acceptors (Lipinski definition) is 7. The van der Waals surface area contributed by atoms with Crippen molar-refractivity contribution in [3.05, 3.63) is 36.0 Å². The van der Waals surface area contributed by atoms with Gasteiger partial charge in [-0.05, 0) is 17.5 Å². The first kappa shape index (κ1) is 29.8. The number of carboxylic acid groups (broad SMARTS) is 3. The van der Waals surface area contributed by atoms with E-state index in [-0.39, 0.29) is 12.3 Å². The summed E-state index contributed by atoms with van der Waals surface area (Å²) in [6.45, 7) is 3.42. The predicted molar refractivity (Wildman–Crippen MR) is 133 cm³/mol. The minimum atomic E-state index is -1.86. The summed E-state index contributed by atoms with van der Waals surface area (Å²) in [7, 11) is 0. The largest absolute Gasteiger partial charge is 0.481 e. The summed E-state index contributed by atoms with van der Waals surface area (Å²) in [5.41, 5.74) is 7.33. The number of aliphatic carboxylic acids is 3. The summed E-state index contributed by atoms with van der Waals surface area (Å²) in [6, 6.07) is 1.32. The first-order valence-electron chi connectivity index (χ1n) is 11.7. The number of carbonyl (C=O) groups is 6. The van der Waals surface area contributed by atoms with Crippen LogP contribution in [-0.2, 0) is 35.2 Å². The number of rotatable bonds is 14. The maximum Gasteiger partial charge on any atom is 0.326 e. The lowest BCUT2D eigenvalue weighted by Crippen LogP contribution is -2.58. The lowest BCUT2D eigenvalue weighted by atomic mass is 10.0. The Bertz CT molecular complexity index is 1210. The van der Waals surface area contributed by atoms with Gasteiger partial charge in [-0.1, -0.05) is 32.0 Å². The molecular weight excluding hydrogens is 502 g/mol. The van der Waals surface area contributed by atoms with Gasteiger partial charge in [-0.2, -0.15) is 0 Å². The van der Waals surface area contributed by atoms with Crippen molar-refractivity contribution < 1.29 is 44.1 Å². The topological polar surface area (TPSA) is 241 Å². The average Bonchev–Trinajstić information content (AvgIpc) is 3.24. The molecule has 3 amide bonds. The highest BCUT2D eigenvalue weighted by atomic mass is 16.4. The highest BCUT2D eigenvalue weighted by molar-refractivity contribution is 5.96. The molecule has 0 radical (unpaired) electrons. The molecule has 1 aromatic carbocycles. The molecule has 4 atom stereocenters. The Labute approximate surface area is 217 Å². The van der Waals surface area contributed by atoms with Crippen LogP contribution in [0, 0.1) is 5.92 Å². The van der Waals surface area contributed by atoms with Crippen LogP contribution in [0.3, 0.4) is 0 Å². The number of carbonyl (C=O) groups excluding carboxylic acids is 3. The highest BCUT2D eigenvalue weighted by Gasteiger charge is 2.33. The van der Waals surface area contributed by atoms with Gasteiger partial charge >= 0.3 is 17.9 Å². The van der Waals surface area contributed by atoms with Gasteiger partial charge in [0.1, 0.15) is 18.1 Å². The Morgan fingerprint density at radius 1 is 0.816 bits per heavy atom. The molecule has 14 heteroatoms. The molecule has 0 bridgehead atoms. The Hall–Kier alpha value is -4.46. The summed E-state index contributed by atoms with van der Waals surface area (Å²) in [5, 5.41) is 34.8. The zero-order valence-corrected chi connectivity index (χ0v) is 20.8. The van der Waals surface area contributed by atoms with E-state index in [0.29, 0.717) is 5.56 Å². The van der Waals surface area contributed by atoms with Crippen LogP contribution in [0.4, 0.5) is 0 Å². The number of amides is 3. The van der Waals surface area contributed by atoms with E-state index >= 15 is 0 Å². The van der Waals surface area contributed by atoms with Crippen molar-refractivity contribution in [3.8, 4) is 0 Å². The molecule has 1 aromatic heterocycles. The maximum atomic E-state index is 13.3. The van der Waals surface area contributed by atoms with Gasteiger partial charge < -0.3 is 42.0 Å². The van der Waals surface area contributed by atoms with Gasteiger partial charge in [0.2, 0.25) is 17.7 Å². The third-order valence-corrected chi connectivity index (χ3v) is 5.76. The molecule has 0 saturated heterocycles. The van der Waals surface area contributed by atoms with Crippen molar-refractivity contribution in [1.29, 1.82) is 0 Å². The van der Waals surface area contributed by atoms with Crippen LogP contribution in [-0.4, -0.2) is 80.1 Å². The number of nitrogens with one attached hydrogen (secondary N) is 4. The number of nitrogens with two attached hydrogens (primary N) is 1. The van der Waals surface area contributed by atoms with Gasteiger partial charge in [-0.3, -0.25) is 24.0 Å². The number of H-pyrrole nitrogens is 1. The van der Waals surface area contributed by atoms with Crippen LogP contribution < -0.4 is 21.7 Å². The molecule has 0 aliphatic rings. The first-order valence-corrected chi connectivity index (χ1v) is 11.7. The lowest BCUT2D eigenvalue weighted by molar-refractivity contribution is -0.148. The van der Waals surface area contributed by atoms with Crippen LogP contribution in [0.15, 0.2) is 30.5 Å². The van der Waals surface area contributed by atoms with Gasteiger partial charge in [-0.15, -0.1) is 0 Å². The minimum Gasteiger partial charge on any atom is -0.481 e. The summed E-state index contributed by atoms with van der Waals surface area (Å²) < 4.78 is 0. The first-order chi connectivity index (χ1) is 17.8. The van der Waals surface area contributed by atoms with Crippen LogP contribution in [0.2, 0.25) is 0 Å². The summed E-state index contributed by atoms with van der Waals surface area (Å²) >= 11 is 0. The maximum absolute atomic E-state index is 13.3. The molecule has 9 N–H and O–H groups in total. The molecule has 0 spiro atoms. The van der Waals surface area contributed by atoms with Crippen LogP contribution in [0.1, 0.15) is 32.3 Å².